The molecule has 0 aliphatic heterocycles. The molecular weight excluding hydrogens is 392 g/mol. The summed E-state index contributed by atoms with van der Waals surface area (Å²) in [6, 6.07) is 4.54. The Kier molecular flexibility index (Phi) is 6.39. The van der Waals surface area contributed by atoms with Gasteiger partial charge in [0.05, 0.1) is 44.4 Å². The quantitative estimate of drug-likeness (QED) is 0.276. The van der Waals surface area contributed by atoms with Gasteiger partial charge in [0.15, 0.2) is 5.75 Å². The molecule has 0 saturated heterocycles. The topological polar surface area (TPSA) is 150 Å². The van der Waals surface area contributed by atoms with Gasteiger partial charge in [-0.15, -0.1) is 0 Å². The van der Waals surface area contributed by atoms with Gasteiger partial charge in [0.25, 0.3) is 0 Å². The second-order valence-electron chi connectivity index (χ2n) is 5.28. The molecule has 0 atom stereocenters. The molecule has 0 spiro atoms. The van der Waals surface area contributed by atoms with Crippen LogP contribution in [0.3, 0.4) is 0 Å². The zero-order valence-corrected chi connectivity index (χ0v) is 15.8. The number of methoxy groups -OCH3 is 4. The number of ether oxygens (including phenoxy) is 5. The first-order valence-corrected chi connectivity index (χ1v) is 7.80. The molecule has 0 aliphatic carbocycles. The molecule has 0 saturated carbocycles. The van der Waals surface area contributed by atoms with Crippen LogP contribution in [0.15, 0.2) is 24.3 Å². The maximum absolute atomic E-state index is 12.7. The van der Waals surface area contributed by atoms with Gasteiger partial charge in [0.1, 0.15) is 11.3 Å². The Hall–Kier alpha value is -4.09. The second kappa shape index (κ2) is 8.73. The monoisotopic (exact) mass is 408 g/mol. The van der Waals surface area contributed by atoms with E-state index in [0.29, 0.717) is 0 Å². The molecule has 12 heteroatoms. The maximum atomic E-state index is 12.7. The Morgan fingerprint density at radius 2 is 1.48 bits per heavy atom. The Morgan fingerprint density at radius 1 is 0.828 bits per heavy atom. The number of hydrogen-bond acceptors (Lipinski definition) is 10. The van der Waals surface area contributed by atoms with Crippen LogP contribution in [0.25, 0.3) is 0 Å². The van der Waals surface area contributed by atoms with E-state index in [9.17, 15) is 25.0 Å². The summed E-state index contributed by atoms with van der Waals surface area (Å²) < 4.78 is 25.1. The number of nitrogens with zero attached hydrogens (tertiary/aromatic N) is 2. The number of carbonyl (C=O) groups excluding carboxylic acids is 1. The minimum Gasteiger partial charge on any atom is -0.496 e. The lowest BCUT2D eigenvalue weighted by molar-refractivity contribution is -0.386. The van der Waals surface area contributed by atoms with Crippen LogP contribution in [0.4, 0.5) is 11.4 Å². The summed E-state index contributed by atoms with van der Waals surface area (Å²) in [6.07, 6.45) is 0. The third-order valence-electron chi connectivity index (χ3n) is 3.77. The predicted molar refractivity (Wildman–Crippen MR) is 97.4 cm³/mol. The van der Waals surface area contributed by atoms with E-state index in [1.165, 1.54) is 27.4 Å². The standard InChI is InChI=1S/C17H16N2O10/c1-25-9-5-6-12(11(7-9)18(21)22)29-17(20)10-8-13(26-2)15(27-3)16(28-4)14(10)19(23)24/h5-8H,1-4H3. The van der Waals surface area contributed by atoms with Crippen LogP contribution >= 0.6 is 0 Å². The molecule has 2 rings (SSSR count). The molecular formula is C17H16N2O10. The number of nitro groups is 2. The minimum atomic E-state index is -1.23. The summed E-state index contributed by atoms with van der Waals surface area (Å²) in [5.74, 6) is -2.00. The van der Waals surface area contributed by atoms with Crippen LogP contribution in [0, 0.1) is 20.2 Å². The second-order valence-corrected chi connectivity index (χ2v) is 5.28. The highest BCUT2D eigenvalue weighted by atomic mass is 16.6. The van der Waals surface area contributed by atoms with Crippen molar-refractivity contribution >= 4 is 17.3 Å². The average molecular weight is 408 g/mol. The zero-order chi connectivity index (χ0) is 21.7. The van der Waals surface area contributed by atoms with Crippen molar-refractivity contribution in [3.63, 3.8) is 0 Å². The normalized spacial score (nSPS) is 10.1. The highest BCUT2D eigenvalue weighted by Crippen LogP contribution is 2.46. The summed E-state index contributed by atoms with van der Waals surface area (Å²) >= 11 is 0. The number of carbonyl (C=O) groups is 1. The molecule has 12 nitrogen and oxygen atoms in total. The van der Waals surface area contributed by atoms with Crippen molar-refractivity contribution in [3.8, 4) is 28.7 Å². The third kappa shape index (κ3) is 4.10. The lowest BCUT2D eigenvalue weighted by Gasteiger charge is -2.14. The largest absolute Gasteiger partial charge is 0.496 e. The molecule has 0 aromatic heterocycles. The SMILES string of the molecule is COc1ccc(OC(=O)c2cc(OC)c(OC)c(OC)c2[N+](=O)[O-])c([N+](=O)[O-])c1. The van der Waals surface area contributed by atoms with Gasteiger partial charge >= 0.3 is 17.3 Å². The van der Waals surface area contributed by atoms with E-state index < -0.39 is 38.5 Å². The van der Waals surface area contributed by atoms with Gasteiger partial charge in [-0.05, 0) is 12.1 Å². The van der Waals surface area contributed by atoms with Crippen molar-refractivity contribution in [1.29, 1.82) is 0 Å². The molecule has 0 fully saturated rings. The molecule has 2 aromatic rings. The third-order valence-corrected chi connectivity index (χ3v) is 3.77. The molecule has 0 radical (unpaired) electrons. The van der Waals surface area contributed by atoms with E-state index in [1.807, 2.05) is 0 Å². The van der Waals surface area contributed by atoms with E-state index in [0.717, 1.165) is 25.3 Å². The fraction of sp³-hybridized carbons (Fsp3) is 0.235. The van der Waals surface area contributed by atoms with E-state index in [-0.39, 0.29) is 23.0 Å². The van der Waals surface area contributed by atoms with Crippen molar-refractivity contribution in [1.82, 2.24) is 0 Å². The smallest absolute Gasteiger partial charge is 0.351 e. The molecule has 154 valence electrons. The van der Waals surface area contributed by atoms with Crippen LogP contribution in [-0.4, -0.2) is 44.3 Å². The van der Waals surface area contributed by atoms with Gasteiger partial charge in [-0.2, -0.15) is 0 Å². The Labute approximate surface area is 163 Å². The van der Waals surface area contributed by atoms with Gasteiger partial charge < -0.3 is 23.7 Å². The van der Waals surface area contributed by atoms with Crippen LogP contribution in [-0.2, 0) is 0 Å². The van der Waals surface area contributed by atoms with Crippen molar-refractivity contribution in [2.75, 3.05) is 28.4 Å². The maximum Gasteiger partial charge on any atom is 0.351 e. The highest BCUT2D eigenvalue weighted by Gasteiger charge is 2.34. The van der Waals surface area contributed by atoms with Crippen LogP contribution < -0.4 is 23.7 Å². The molecule has 0 bridgehead atoms. The summed E-state index contributed by atoms with van der Waals surface area (Å²) in [6.45, 7) is 0. The first-order chi connectivity index (χ1) is 13.8. The van der Waals surface area contributed by atoms with E-state index in [1.54, 1.807) is 0 Å². The first kappa shape index (κ1) is 21.2. The van der Waals surface area contributed by atoms with E-state index in [4.69, 9.17) is 23.7 Å². The molecule has 0 heterocycles. The molecule has 0 amide bonds. The molecule has 29 heavy (non-hydrogen) atoms. The molecule has 2 aromatic carbocycles. The Morgan fingerprint density at radius 3 is 1.97 bits per heavy atom. The van der Waals surface area contributed by atoms with Crippen molar-refractivity contribution in [2.45, 2.75) is 0 Å². The zero-order valence-electron chi connectivity index (χ0n) is 15.8. The van der Waals surface area contributed by atoms with Gasteiger partial charge in [0.2, 0.25) is 17.2 Å². The van der Waals surface area contributed by atoms with Crippen molar-refractivity contribution in [2.24, 2.45) is 0 Å². The van der Waals surface area contributed by atoms with Crippen molar-refractivity contribution < 1.29 is 38.3 Å². The fourth-order valence-electron chi connectivity index (χ4n) is 2.49. The van der Waals surface area contributed by atoms with Crippen LogP contribution in [0.5, 0.6) is 28.7 Å². The van der Waals surface area contributed by atoms with Gasteiger partial charge in [-0.3, -0.25) is 20.2 Å². The average Bonchev–Trinajstić information content (AvgIpc) is 2.71. The molecule has 0 N–H and O–H groups in total. The van der Waals surface area contributed by atoms with Crippen molar-refractivity contribution in [3.05, 3.63) is 50.1 Å². The predicted octanol–water partition coefficient (Wildman–Crippen LogP) is 2.76. The fourth-order valence-corrected chi connectivity index (χ4v) is 2.49. The number of nitro benzene ring substituents is 2. The number of hydrogen-bond donors (Lipinski definition) is 0. The van der Waals surface area contributed by atoms with E-state index >= 15 is 0 Å². The summed E-state index contributed by atoms with van der Waals surface area (Å²) in [5, 5.41) is 22.8. The lowest BCUT2D eigenvalue weighted by atomic mass is 10.1. The van der Waals surface area contributed by atoms with Gasteiger partial charge in [-0.25, -0.2) is 4.79 Å². The Balaban J connectivity index is 2.62. The first-order valence-electron chi connectivity index (χ1n) is 7.80. The van der Waals surface area contributed by atoms with Gasteiger partial charge in [0, 0.05) is 6.07 Å². The number of esters is 1. The van der Waals surface area contributed by atoms with Crippen LogP contribution in [0.1, 0.15) is 10.4 Å². The summed E-state index contributed by atoms with van der Waals surface area (Å²) in [5.41, 5.74) is -1.85. The summed E-state index contributed by atoms with van der Waals surface area (Å²) in [4.78, 5) is 33.9. The minimum absolute atomic E-state index is 0.0360. The van der Waals surface area contributed by atoms with Crippen LogP contribution in [0.2, 0.25) is 0 Å². The number of rotatable bonds is 8. The van der Waals surface area contributed by atoms with Gasteiger partial charge in [-0.1, -0.05) is 0 Å². The summed E-state index contributed by atoms with van der Waals surface area (Å²) in [7, 11) is 4.95. The van der Waals surface area contributed by atoms with E-state index in [2.05, 4.69) is 0 Å². The highest BCUT2D eigenvalue weighted by molar-refractivity contribution is 5.98. The lowest BCUT2D eigenvalue weighted by Crippen LogP contribution is -2.14. The Bertz CT molecular complexity index is 973. The number of benzene rings is 2. The molecule has 0 aliphatic rings. The molecule has 0 unspecified atom stereocenters.